The van der Waals surface area contributed by atoms with E-state index in [1.807, 2.05) is 54.6 Å². The van der Waals surface area contributed by atoms with Crippen LogP contribution < -0.4 is 4.90 Å². The van der Waals surface area contributed by atoms with Crippen molar-refractivity contribution >= 4 is 28.3 Å². The minimum atomic E-state index is -0.690. The Morgan fingerprint density at radius 1 is 1.00 bits per heavy atom. The van der Waals surface area contributed by atoms with Crippen molar-refractivity contribution in [1.29, 1.82) is 0 Å². The molecule has 4 rings (SSSR count). The Labute approximate surface area is 179 Å². The fourth-order valence-corrected chi connectivity index (χ4v) is 4.56. The first-order valence-corrected chi connectivity index (χ1v) is 10.9. The van der Waals surface area contributed by atoms with Crippen molar-refractivity contribution in [3.05, 3.63) is 76.8 Å². The van der Waals surface area contributed by atoms with Crippen molar-refractivity contribution in [3.63, 3.8) is 0 Å². The van der Waals surface area contributed by atoms with Gasteiger partial charge in [-0.2, -0.15) is 0 Å². The van der Waals surface area contributed by atoms with Crippen LogP contribution in [0.25, 0.3) is 0 Å². The Hall–Kier alpha value is -3.06. The van der Waals surface area contributed by atoms with E-state index < -0.39 is 5.97 Å². The van der Waals surface area contributed by atoms with E-state index in [4.69, 9.17) is 0 Å². The zero-order chi connectivity index (χ0) is 20.9. The molecule has 0 spiro atoms. The lowest BCUT2D eigenvalue weighted by atomic mass is 9.78. The van der Waals surface area contributed by atoms with Crippen LogP contribution in [0.4, 0.5) is 5.13 Å². The molecule has 6 nitrogen and oxygen atoms in total. The topological polar surface area (TPSA) is 83.4 Å². The number of anilines is 1. The molecule has 0 saturated heterocycles. The summed E-state index contributed by atoms with van der Waals surface area (Å²) >= 11 is 1.34. The Morgan fingerprint density at radius 2 is 1.70 bits per heavy atom. The molecule has 1 saturated carbocycles. The third kappa shape index (κ3) is 4.57. The van der Waals surface area contributed by atoms with Crippen LogP contribution in [0.15, 0.2) is 60.1 Å². The monoisotopic (exact) mass is 421 g/mol. The summed E-state index contributed by atoms with van der Waals surface area (Å²) in [6.45, 7) is 0.426. The highest BCUT2D eigenvalue weighted by molar-refractivity contribution is 7.13. The van der Waals surface area contributed by atoms with E-state index in [2.05, 4.69) is 10.2 Å². The SMILES string of the molecule is O=C(O)C1CCC(c2ccc(C(=O)N(Cc3ccccc3)c3nncs3)cc2)CC1. The molecule has 1 aliphatic rings. The number of rotatable bonds is 6. The fourth-order valence-electron chi connectivity index (χ4n) is 4.00. The predicted octanol–water partition coefficient (Wildman–Crippen LogP) is 4.74. The van der Waals surface area contributed by atoms with E-state index in [9.17, 15) is 14.7 Å². The standard InChI is InChI=1S/C23H23N3O3S/c27-21(26(23-25-24-15-30-23)14-16-4-2-1-3-5-16)19-10-6-17(7-11-19)18-8-12-20(13-9-18)22(28)29/h1-7,10-11,15,18,20H,8-9,12-14H2,(H,28,29). The molecule has 7 heteroatoms. The van der Waals surface area contributed by atoms with Crippen molar-refractivity contribution in [2.75, 3.05) is 4.90 Å². The van der Waals surface area contributed by atoms with Gasteiger partial charge in [0.1, 0.15) is 5.51 Å². The lowest BCUT2D eigenvalue weighted by Gasteiger charge is -2.26. The quantitative estimate of drug-likeness (QED) is 0.621. The molecule has 1 aromatic heterocycles. The number of hydrogen-bond acceptors (Lipinski definition) is 5. The smallest absolute Gasteiger partial charge is 0.306 e. The molecular weight excluding hydrogens is 398 g/mol. The van der Waals surface area contributed by atoms with Crippen LogP contribution in [-0.2, 0) is 11.3 Å². The van der Waals surface area contributed by atoms with Gasteiger partial charge in [0.2, 0.25) is 5.13 Å². The number of hydrogen-bond donors (Lipinski definition) is 1. The van der Waals surface area contributed by atoms with Crippen LogP contribution in [-0.4, -0.2) is 27.2 Å². The highest BCUT2D eigenvalue weighted by Crippen LogP contribution is 2.36. The Kier molecular flexibility index (Phi) is 6.18. The first-order chi connectivity index (χ1) is 14.6. The fraction of sp³-hybridized carbons (Fsp3) is 0.304. The Bertz CT molecular complexity index is 982. The maximum absolute atomic E-state index is 13.3. The highest BCUT2D eigenvalue weighted by atomic mass is 32.1. The molecule has 0 aliphatic heterocycles. The van der Waals surface area contributed by atoms with Gasteiger partial charge in [-0.05, 0) is 54.9 Å². The molecular formula is C23H23N3O3S. The summed E-state index contributed by atoms with van der Waals surface area (Å²) in [5, 5.41) is 17.7. The molecule has 1 fully saturated rings. The summed E-state index contributed by atoms with van der Waals surface area (Å²) in [4.78, 5) is 26.1. The summed E-state index contributed by atoms with van der Waals surface area (Å²) in [6, 6.07) is 17.5. The van der Waals surface area contributed by atoms with Gasteiger partial charge in [-0.25, -0.2) is 0 Å². The van der Waals surface area contributed by atoms with E-state index in [1.54, 1.807) is 10.4 Å². The molecule has 1 N–H and O–H groups in total. The van der Waals surface area contributed by atoms with Crippen LogP contribution in [0, 0.1) is 5.92 Å². The van der Waals surface area contributed by atoms with E-state index in [-0.39, 0.29) is 11.8 Å². The van der Waals surface area contributed by atoms with Gasteiger partial charge in [0.15, 0.2) is 0 Å². The van der Waals surface area contributed by atoms with Crippen molar-refractivity contribution < 1.29 is 14.7 Å². The largest absolute Gasteiger partial charge is 0.481 e. The zero-order valence-corrected chi connectivity index (χ0v) is 17.3. The molecule has 0 radical (unpaired) electrons. The first-order valence-electron chi connectivity index (χ1n) is 10.1. The number of aliphatic carboxylic acids is 1. The van der Waals surface area contributed by atoms with Crippen LogP contribution in [0.1, 0.15) is 53.1 Å². The number of aromatic nitrogens is 2. The average molecular weight is 422 g/mol. The predicted molar refractivity (Wildman–Crippen MR) is 116 cm³/mol. The van der Waals surface area contributed by atoms with E-state index in [1.165, 1.54) is 16.9 Å². The van der Waals surface area contributed by atoms with Gasteiger partial charge >= 0.3 is 5.97 Å². The third-order valence-electron chi connectivity index (χ3n) is 5.71. The van der Waals surface area contributed by atoms with Crippen molar-refractivity contribution in [2.45, 2.75) is 38.1 Å². The number of benzene rings is 2. The van der Waals surface area contributed by atoms with Gasteiger partial charge in [-0.3, -0.25) is 14.5 Å². The summed E-state index contributed by atoms with van der Waals surface area (Å²) in [7, 11) is 0. The molecule has 0 unspecified atom stereocenters. The molecule has 0 bridgehead atoms. The van der Waals surface area contributed by atoms with Gasteiger partial charge in [-0.15, -0.1) is 10.2 Å². The van der Waals surface area contributed by atoms with Crippen molar-refractivity contribution in [1.82, 2.24) is 10.2 Å². The molecule has 0 atom stereocenters. The number of carboxylic acids is 1. The summed E-state index contributed by atoms with van der Waals surface area (Å²) < 4.78 is 0. The molecule has 1 aliphatic carbocycles. The third-order valence-corrected chi connectivity index (χ3v) is 6.43. The maximum Gasteiger partial charge on any atom is 0.306 e. The molecule has 1 amide bonds. The molecule has 3 aromatic rings. The minimum absolute atomic E-state index is 0.114. The lowest BCUT2D eigenvalue weighted by molar-refractivity contribution is -0.142. The second-order valence-electron chi connectivity index (χ2n) is 7.61. The van der Waals surface area contributed by atoms with Crippen LogP contribution in [0.5, 0.6) is 0 Å². The maximum atomic E-state index is 13.3. The van der Waals surface area contributed by atoms with E-state index in [0.717, 1.165) is 18.4 Å². The zero-order valence-electron chi connectivity index (χ0n) is 16.5. The van der Waals surface area contributed by atoms with Crippen LogP contribution in [0.2, 0.25) is 0 Å². The first kappa shape index (κ1) is 20.2. The van der Waals surface area contributed by atoms with E-state index >= 15 is 0 Å². The number of nitrogens with zero attached hydrogens (tertiary/aromatic N) is 3. The molecule has 154 valence electrons. The molecule has 30 heavy (non-hydrogen) atoms. The number of carbonyl (C=O) groups excluding carboxylic acids is 1. The van der Waals surface area contributed by atoms with Gasteiger partial charge < -0.3 is 5.11 Å². The Balaban J connectivity index is 1.49. The molecule has 2 aromatic carbocycles. The number of amides is 1. The summed E-state index contributed by atoms with van der Waals surface area (Å²) in [6.07, 6.45) is 3.16. The van der Waals surface area contributed by atoms with Gasteiger partial charge in [0.25, 0.3) is 5.91 Å². The lowest BCUT2D eigenvalue weighted by Crippen LogP contribution is -2.30. The van der Waals surface area contributed by atoms with Crippen molar-refractivity contribution in [3.8, 4) is 0 Å². The second-order valence-corrected chi connectivity index (χ2v) is 8.42. The van der Waals surface area contributed by atoms with Gasteiger partial charge in [0, 0.05) is 5.56 Å². The number of carbonyl (C=O) groups is 2. The molecule has 1 heterocycles. The second kappa shape index (κ2) is 9.17. The number of carboxylic acid groups (broad SMARTS) is 1. The van der Waals surface area contributed by atoms with Gasteiger partial charge in [0.05, 0.1) is 12.5 Å². The summed E-state index contributed by atoms with van der Waals surface area (Å²) in [5.41, 5.74) is 4.41. The summed E-state index contributed by atoms with van der Waals surface area (Å²) in [5.74, 6) is -0.671. The van der Waals surface area contributed by atoms with Crippen LogP contribution in [0.3, 0.4) is 0 Å². The minimum Gasteiger partial charge on any atom is -0.481 e. The van der Waals surface area contributed by atoms with E-state index in [0.29, 0.717) is 36.0 Å². The average Bonchev–Trinajstić information content (AvgIpc) is 3.32. The van der Waals surface area contributed by atoms with Crippen LogP contribution >= 0.6 is 11.3 Å². The normalized spacial score (nSPS) is 18.7. The van der Waals surface area contributed by atoms with Crippen molar-refractivity contribution in [2.24, 2.45) is 5.92 Å². The van der Waals surface area contributed by atoms with Gasteiger partial charge in [-0.1, -0.05) is 53.8 Å². The highest BCUT2D eigenvalue weighted by Gasteiger charge is 2.27. The Morgan fingerprint density at radius 3 is 2.30 bits per heavy atom.